The number of rotatable bonds is 3. The Kier molecular flexibility index (Phi) is 4.36. The van der Waals surface area contributed by atoms with Crippen LogP contribution in [0.2, 0.25) is 0 Å². The van der Waals surface area contributed by atoms with Crippen LogP contribution in [0.1, 0.15) is 16.7 Å². The molecule has 2 aromatic carbocycles. The first-order chi connectivity index (χ1) is 12.3. The summed E-state index contributed by atoms with van der Waals surface area (Å²) in [5.41, 5.74) is 4.17. The van der Waals surface area contributed by atoms with Crippen LogP contribution < -0.4 is 4.74 Å². The Labute approximate surface area is 151 Å². The first kappa shape index (κ1) is 15.7. The Morgan fingerprint density at radius 2 is 1.64 bits per heavy atom. The fraction of sp³-hybridized carbons (Fsp3) is 0.0476. The minimum atomic E-state index is 0.839. The number of benzene rings is 2. The maximum Gasteiger partial charge on any atom is 0.118 e. The third kappa shape index (κ3) is 3.21. The SMILES string of the molecule is COc1ccc(C2=C(c3ccccc3)N=Cc3cccnc3S2)cc1. The summed E-state index contributed by atoms with van der Waals surface area (Å²) in [5.74, 6) is 0.839. The van der Waals surface area contributed by atoms with Gasteiger partial charge in [0.1, 0.15) is 10.8 Å². The van der Waals surface area contributed by atoms with E-state index in [2.05, 4.69) is 29.2 Å². The number of aromatic nitrogens is 1. The van der Waals surface area contributed by atoms with Crippen molar-refractivity contribution in [1.29, 1.82) is 0 Å². The van der Waals surface area contributed by atoms with E-state index in [1.165, 1.54) is 0 Å². The molecule has 4 rings (SSSR count). The van der Waals surface area contributed by atoms with E-state index in [1.807, 2.05) is 54.9 Å². The van der Waals surface area contributed by atoms with Crippen LogP contribution in [0, 0.1) is 0 Å². The van der Waals surface area contributed by atoms with Crippen molar-refractivity contribution >= 4 is 28.6 Å². The van der Waals surface area contributed by atoms with Gasteiger partial charge >= 0.3 is 0 Å². The minimum Gasteiger partial charge on any atom is -0.497 e. The van der Waals surface area contributed by atoms with Crippen LogP contribution in [-0.4, -0.2) is 18.3 Å². The average molecular weight is 344 g/mol. The molecule has 0 fully saturated rings. The Balaban J connectivity index is 1.89. The van der Waals surface area contributed by atoms with Crippen LogP contribution in [0.3, 0.4) is 0 Å². The van der Waals surface area contributed by atoms with Gasteiger partial charge in [0.2, 0.25) is 0 Å². The number of hydrogen-bond acceptors (Lipinski definition) is 4. The summed E-state index contributed by atoms with van der Waals surface area (Å²) in [4.78, 5) is 10.4. The van der Waals surface area contributed by atoms with Gasteiger partial charge in [-0.15, -0.1) is 0 Å². The lowest BCUT2D eigenvalue weighted by Crippen LogP contribution is -1.89. The van der Waals surface area contributed by atoms with E-state index < -0.39 is 0 Å². The molecule has 0 N–H and O–H groups in total. The van der Waals surface area contributed by atoms with Crippen molar-refractivity contribution in [2.75, 3.05) is 7.11 Å². The van der Waals surface area contributed by atoms with Crippen molar-refractivity contribution in [2.24, 2.45) is 4.99 Å². The molecule has 0 spiro atoms. The second kappa shape index (κ2) is 6.95. The van der Waals surface area contributed by atoms with Gasteiger partial charge in [0, 0.05) is 28.4 Å². The van der Waals surface area contributed by atoms with E-state index in [1.54, 1.807) is 18.9 Å². The van der Waals surface area contributed by atoms with Gasteiger partial charge < -0.3 is 4.74 Å². The lowest BCUT2D eigenvalue weighted by Gasteiger charge is -2.11. The fourth-order valence-corrected chi connectivity index (χ4v) is 3.73. The third-order valence-electron chi connectivity index (χ3n) is 3.95. The number of aliphatic imine (C=N–C) groups is 1. The molecule has 2 heterocycles. The maximum atomic E-state index is 5.28. The van der Waals surface area contributed by atoms with Gasteiger partial charge in [-0.1, -0.05) is 54.2 Å². The minimum absolute atomic E-state index is 0.839. The molecule has 0 amide bonds. The molecule has 0 radical (unpaired) electrons. The molecule has 25 heavy (non-hydrogen) atoms. The van der Waals surface area contributed by atoms with Crippen molar-refractivity contribution in [1.82, 2.24) is 4.98 Å². The number of fused-ring (bicyclic) bond motifs is 1. The largest absolute Gasteiger partial charge is 0.497 e. The van der Waals surface area contributed by atoms with E-state index in [9.17, 15) is 0 Å². The number of hydrogen-bond donors (Lipinski definition) is 0. The van der Waals surface area contributed by atoms with E-state index in [-0.39, 0.29) is 0 Å². The molecule has 3 aromatic rings. The van der Waals surface area contributed by atoms with Gasteiger partial charge in [-0.25, -0.2) is 4.98 Å². The van der Waals surface area contributed by atoms with Crippen molar-refractivity contribution < 1.29 is 4.74 Å². The fourth-order valence-electron chi connectivity index (χ4n) is 2.66. The summed E-state index contributed by atoms with van der Waals surface area (Å²) in [6.45, 7) is 0. The highest BCUT2D eigenvalue weighted by atomic mass is 32.2. The monoisotopic (exact) mass is 344 g/mol. The quantitative estimate of drug-likeness (QED) is 0.660. The molecule has 0 bridgehead atoms. The number of methoxy groups -OCH3 is 1. The van der Waals surface area contributed by atoms with Crippen molar-refractivity contribution in [3.8, 4) is 5.75 Å². The Bertz CT molecular complexity index is 947. The molecule has 3 nitrogen and oxygen atoms in total. The Morgan fingerprint density at radius 3 is 2.40 bits per heavy atom. The highest BCUT2D eigenvalue weighted by molar-refractivity contribution is 8.08. The summed E-state index contributed by atoms with van der Waals surface area (Å²) < 4.78 is 5.28. The molecule has 0 saturated heterocycles. The topological polar surface area (TPSA) is 34.5 Å². The van der Waals surface area contributed by atoms with Crippen LogP contribution in [0.4, 0.5) is 0 Å². The van der Waals surface area contributed by atoms with E-state index >= 15 is 0 Å². The Hall–Kier alpha value is -2.85. The van der Waals surface area contributed by atoms with Crippen molar-refractivity contribution in [3.63, 3.8) is 0 Å². The number of pyridine rings is 1. The maximum absolute atomic E-state index is 5.28. The molecule has 0 saturated carbocycles. The van der Waals surface area contributed by atoms with Gasteiger partial charge in [0.25, 0.3) is 0 Å². The molecule has 1 aliphatic heterocycles. The lowest BCUT2D eigenvalue weighted by molar-refractivity contribution is 0.415. The zero-order valence-corrected chi connectivity index (χ0v) is 14.5. The summed E-state index contributed by atoms with van der Waals surface area (Å²) >= 11 is 1.65. The molecule has 1 aromatic heterocycles. The van der Waals surface area contributed by atoms with Crippen LogP contribution >= 0.6 is 11.8 Å². The molecule has 0 atom stereocenters. The van der Waals surface area contributed by atoms with Gasteiger partial charge in [-0.2, -0.15) is 0 Å². The smallest absolute Gasteiger partial charge is 0.118 e. The predicted octanol–water partition coefficient (Wildman–Crippen LogP) is 5.14. The molecule has 1 aliphatic rings. The summed E-state index contributed by atoms with van der Waals surface area (Å²) in [7, 11) is 1.68. The summed E-state index contributed by atoms with van der Waals surface area (Å²) in [6.07, 6.45) is 3.72. The van der Waals surface area contributed by atoms with E-state index in [4.69, 9.17) is 9.73 Å². The van der Waals surface area contributed by atoms with E-state index in [0.29, 0.717) is 0 Å². The number of ether oxygens (including phenoxy) is 1. The van der Waals surface area contributed by atoms with Gasteiger partial charge in [-0.05, 0) is 29.8 Å². The predicted molar refractivity (Wildman–Crippen MR) is 104 cm³/mol. The second-order valence-corrected chi connectivity index (χ2v) is 6.53. The molecule has 0 unspecified atom stereocenters. The summed E-state index contributed by atoms with van der Waals surface area (Å²) in [5, 5.41) is 0.961. The van der Waals surface area contributed by atoms with Crippen LogP contribution in [0.25, 0.3) is 10.6 Å². The standard InChI is InChI=1S/C21H16N2OS/c1-24-18-11-9-16(10-12-18)20-19(15-6-3-2-4-7-15)23-14-17-8-5-13-22-21(17)25-20/h2-14H,1H3. The van der Waals surface area contributed by atoms with Gasteiger partial charge in [-0.3, -0.25) is 4.99 Å². The molecule has 0 aliphatic carbocycles. The molecule has 4 heteroatoms. The number of nitrogens with zero attached hydrogens (tertiary/aromatic N) is 2. The number of thioether (sulfide) groups is 1. The summed E-state index contributed by atoms with van der Waals surface area (Å²) in [6, 6.07) is 22.3. The van der Waals surface area contributed by atoms with Gasteiger partial charge in [0.15, 0.2) is 0 Å². The highest BCUT2D eigenvalue weighted by Gasteiger charge is 2.18. The lowest BCUT2D eigenvalue weighted by atomic mass is 10.1. The van der Waals surface area contributed by atoms with Gasteiger partial charge in [0.05, 0.1) is 12.8 Å². The van der Waals surface area contributed by atoms with Crippen LogP contribution in [0.5, 0.6) is 5.75 Å². The highest BCUT2D eigenvalue weighted by Crippen LogP contribution is 2.42. The molecular formula is C21H16N2OS. The average Bonchev–Trinajstić information content (AvgIpc) is 2.88. The van der Waals surface area contributed by atoms with E-state index in [0.717, 1.165) is 38.1 Å². The zero-order chi connectivity index (χ0) is 17.1. The van der Waals surface area contributed by atoms with Crippen LogP contribution in [-0.2, 0) is 0 Å². The van der Waals surface area contributed by atoms with Crippen molar-refractivity contribution in [3.05, 3.63) is 89.6 Å². The second-order valence-electron chi connectivity index (χ2n) is 5.53. The first-order valence-electron chi connectivity index (χ1n) is 7.96. The van der Waals surface area contributed by atoms with Crippen molar-refractivity contribution in [2.45, 2.75) is 5.03 Å². The normalized spacial score (nSPS) is 13.3. The Morgan fingerprint density at radius 1 is 0.840 bits per heavy atom. The van der Waals surface area contributed by atoms with Crippen LogP contribution in [0.15, 0.2) is 82.9 Å². The molecular weight excluding hydrogens is 328 g/mol. The zero-order valence-electron chi connectivity index (χ0n) is 13.7. The third-order valence-corrected chi connectivity index (χ3v) is 5.11. The molecule has 122 valence electrons. The first-order valence-corrected chi connectivity index (χ1v) is 8.78.